The molecule has 0 aliphatic heterocycles. The Kier molecular flexibility index (Phi) is 7.31. The third-order valence-corrected chi connectivity index (χ3v) is 1.41. The molecule has 12 heavy (non-hydrogen) atoms. The molecular formula is C10H15NO. The SMILES string of the molecule is C#CCNCC(=O)CCCC=C. The quantitative estimate of drug-likeness (QED) is 0.348. The minimum Gasteiger partial charge on any atom is -0.299 e. The molecule has 0 aromatic rings. The van der Waals surface area contributed by atoms with Gasteiger partial charge in [0.2, 0.25) is 0 Å². The monoisotopic (exact) mass is 165 g/mol. The maximum absolute atomic E-state index is 11.0. The van der Waals surface area contributed by atoms with Gasteiger partial charge in [0.25, 0.3) is 0 Å². The van der Waals surface area contributed by atoms with E-state index in [4.69, 9.17) is 6.42 Å². The Morgan fingerprint density at radius 3 is 3.00 bits per heavy atom. The molecule has 0 rings (SSSR count). The van der Waals surface area contributed by atoms with Crippen LogP contribution in [0.15, 0.2) is 12.7 Å². The van der Waals surface area contributed by atoms with Crippen molar-refractivity contribution in [1.29, 1.82) is 0 Å². The zero-order chi connectivity index (χ0) is 9.23. The molecule has 0 radical (unpaired) electrons. The van der Waals surface area contributed by atoms with E-state index in [9.17, 15) is 4.79 Å². The van der Waals surface area contributed by atoms with Crippen LogP contribution < -0.4 is 5.32 Å². The van der Waals surface area contributed by atoms with Crippen LogP contribution in [0.4, 0.5) is 0 Å². The van der Waals surface area contributed by atoms with Crippen LogP contribution in [0, 0.1) is 12.3 Å². The number of terminal acetylenes is 1. The normalized spacial score (nSPS) is 8.92. The second kappa shape index (κ2) is 8.03. The van der Waals surface area contributed by atoms with E-state index < -0.39 is 0 Å². The summed E-state index contributed by atoms with van der Waals surface area (Å²) in [6.07, 6.45) is 9.23. The molecule has 2 heteroatoms. The van der Waals surface area contributed by atoms with Crippen LogP contribution >= 0.6 is 0 Å². The molecular weight excluding hydrogens is 150 g/mol. The van der Waals surface area contributed by atoms with Gasteiger partial charge in [-0.05, 0) is 12.8 Å². The molecule has 0 aliphatic rings. The molecule has 0 aliphatic carbocycles. The van der Waals surface area contributed by atoms with Crippen LogP contribution in [0.5, 0.6) is 0 Å². The summed E-state index contributed by atoms with van der Waals surface area (Å²) in [5, 5.41) is 2.85. The number of Topliss-reactive ketones (excluding diaryl/α,β-unsaturated/α-hetero) is 1. The second-order valence-corrected chi connectivity index (χ2v) is 2.53. The fourth-order valence-electron chi connectivity index (χ4n) is 0.806. The number of hydrogen-bond donors (Lipinski definition) is 1. The lowest BCUT2D eigenvalue weighted by Crippen LogP contribution is -2.22. The van der Waals surface area contributed by atoms with E-state index in [1.165, 1.54) is 0 Å². The van der Waals surface area contributed by atoms with Gasteiger partial charge in [-0.25, -0.2) is 0 Å². The highest BCUT2D eigenvalue weighted by Crippen LogP contribution is 1.95. The number of carbonyl (C=O) groups excluding carboxylic acids is 1. The first-order chi connectivity index (χ1) is 5.81. The van der Waals surface area contributed by atoms with E-state index in [2.05, 4.69) is 17.8 Å². The average molecular weight is 165 g/mol. The number of nitrogens with one attached hydrogen (secondary N) is 1. The zero-order valence-electron chi connectivity index (χ0n) is 7.31. The summed E-state index contributed by atoms with van der Waals surface area (Å²) >= 11 is 0. The van der Waals surface area contributed by atoms with Gasteiger partial charge in [-0.15, -0.1) is 13.0 Å². The Bertz CT molecular complexity index is 179. The van der Waals surface area contributed by atoms with Crippen molar-refractivity contribution in [2.75, 3.05) is 13.1 Å². The van der Waals surface area contributed by atoms with Gasteiger partial charge in [0.05, 0.1) is 13.1 Å². The van der Waals surface area contributed by atoms with Gasteiger partial charge in [-0.3, -0.25) is 10.1 Å². The summed E-state index contributed by atoms with van der Waals surface area (Å²) in [4.78, 5) is 11.0. The van der Waals surface area contributed by atoms with Gasteiger partial charge in [0, 0.05) is 6.42 Å². The number of hydrogen-bond acceptors (Lipinski definition) is 2. The first-order valence-corrected chi connectivity index (χ1v) is 4.08. The maximum Gasteiger partial charge on any atom is 0.146 e. The lowest BCUT2D eigenvalue weighted by Gasteiger charge is -1.98. The maximum atomic E-state index is 11.0. The van der Waals surface area contributed by atoms with Crippen molar-refractivity contribution in [2.45, 2.75) is 19.3 Å². The first-order valence-electron chi connectivity index (χ1n) is 4.08. The summed E-state index contributed by atoms with van der Waals surface area (Å²) in [6, 6.07) is 0. The fourth-order valence-corrected chi connectivity index (χ4v) is 0.806. The Morgan fingerprint density at radius 2 is 2.42 bits per heavy atom. The molecule has 66 valence electrons. The Hall–Kier alpha value is -1.07. The van der Waals surface area contributed by atoms with Crippen LogP contribution in [0.3, 0.4) is 0 Å². The lowest BCUT2D eigenvalue weighted by molar-refractivity contribution is -0.118. The van der Waals surface area contributed by atoms with Gasteiger partial charge < -0.3 is 0 Å². The van der Waals surface area contributed by atoms with E-state index in [1.807, 2.05) is 6.08 Å². The van der Waals surface area contributed by atoms with E-state index in [0.717, 1.165) is 12.8 Å². The summed E-state index contributed by atoms with van der Waals surface area (Å²) in [5.41, 5.74) is 0. The van der Waals surface area contributed by atoms with Gasteiger partial charge in [0.1, 0.15) is 5.78 Å². The molecule has 0 saturated carbocycles. The van der Waals surface area contributed by atoms with Crippen molar-refractivity contribution >= 4 is 5.78 Å². The Labute approximate surface area is 74.0 Å². The smallest absolute Gasteiger partial charge is 0.146 e. The predicted octanol–water partition coefficient (Wildman–Crippen LogP) is 1.13. The van der Waals surface area contributed by atoms with E-state index in [0.29, 0.717) is 19.5 Å². The molecule has 2 nitrogen and oxygen atoms in total. The molecule has 0 bridgehead atoms. The van der Waals surface area contributed by atoms with Crippen molar-refractivity contribution in [1.82, 2.24) is 5.32 Å². The number of ketones is 1. The Morgan fingerprint density at radius 1 is 1.67 bits per heavy atom. The predicted molar refractivity (Wildman–Crippen MR) is 50.8 cm³/mol. The molecule has 0 spiro atoms. The van der Waals surface area contributed by atoms with Crippen LogP contribution in [0.2, 0.25) is 0 Å². The Balaban J connectivity index is 3.22. The van der Waals surface area contributed by atoms with Crippen molar-refractivity contribution in [2.24, 2.45) is 0 Å². The summed E-state index contributed by atoms with van der Waals surface area (Å²) in [5.74, 6) is 2.63. The molecule has 0 aromatic carbocycles. The van der Waals surface area contributed by atoms with Crippen LogP contribution in [0.1, 0.15) is 19.3 Å². The van der Waals surface area contributed by atoms with Gasteiger partial charge in [-0.2, -0.15) is 0 Å². The average Bonchev–Trinajstić information content (AvgIpc) is 2.06. The standard InChI is InChI=1S/C10H15NO/c1-3-5-6-7-10(12)9-11-8-4-2/h2-3,11H,1,5-9H2. The number of carbonyl (C=O) groups is 1. The molecule has 0 atom stereocenters. The zero-order valence-corrected chi connectivity index (χ0v) is 7.31. The highest BCUT2D eigenvalue weighted by atomic mass is 16.1. The number of rotatable bonds is 7. The molecule has 0 heterocycles. The largest absolute Gasteiger partial charge is 0.299 e. The molecule has 0 fully saturated rings. The summed E-state index contributed by atoms with van der Waals surface area (Å²) in [6.45, 7) is 4.44. The van der Waals surface area contributed by atoms with E-state index in [1.54, 1.807) is 0 Å². The van der Waals surface area contributed by atoms with Crippen LogP contribution in [0.25, 0.3) is 0 Å². The second-order valence-electron chi connectivity index (χ2n) is 2.53. The minimum atomic E-state index is 0.215. The van der Waals surface area contributed by atoms with Crippen LogP contribution in [-0.4, -0.2) is 18.9 Å². The third-order valence-electron chi connectivity index (χ3n) is 1.41. The van der Waals surface area contributed by atoms with Crippen molar-refractivity contribution in [3.8, 4) is 12.3 Å². The highest BCUT2D eigenvalue weighted by Gasteiger charge is 1.98. The first kappa shape index (κ1) is 10.9. The van der Waals surface area contributed by atoms with Crippen molar-refractivity contribution in [3.63, 3.8) is 0 Å². The molecule has 0 unspecified atom stereocenters. The fraction of sp³-hybridized carbons (Fsp3) is 0.500. The van der Waals surface area contributed by atoms with Gasteiger partial charge >= 0.3 is 0 Å². The molecule has 0 saturated heterocycles. The van der Waals surface area contributed by atoms with Gasteiger partial charge in [0.15, 0.2) is 0 Å². The topological polar surface area (TPSA) is 29.1 Å². The van der Waals surface area contributed by atoms with E-state index >= 15 is 0 Å². The summed E-state index contributed by atoms with van der Waals surface area (Å²) in [7, 11) is 0. The molecule has 0 amide bonds. The number of allylic oxidation sites excluding steroid dienone is 1. The van der Waals surface area contributed by atoms with Gasteiger partial charge in [-0.1, -0.05) is 12.0 Å². The molecule has 0 aromatic heterocycles. The van der Waals surface area contributed by atoms with Crippen LogP contribution in [-0.2, 0) is 4.79 Å². The third kappa shape index (κ3) is 7.04. The molecule has 1 N–H and O–H groups in total. The minimum absolute atomic E-state index is 0.215. The van der Waals surface area contributed by atoms with Crippen molar-refractivity contribution in [3.05, 3.63) is 12.7 Å². The van der Waals surface area contributed by atoms with Crippen molar-refractivity contribution < 1.29 is 4.79 Å². The number of unbranched alkanes of at least 4 members (excludes halogenated alkanes) is 1. The lowest BCUT2D eigenvalue weighted by atomic mass is 10.2. The summed E-state index contributed by atoms with van der Waals surface area (Å²) < 4.78 is 0. The van der Waals surface area contributed by atoms with E-state index in [-0.39, 0.29) is 5.78 Å². The highest BCUT2D eigenvalue weighted by molar-refractivity contribution is 5.80.